The summed E-state index contributed by atoms with van der Waals surface area (Å²) in [7, 11) is 0.0927. The molecular weight excluding hydrogens is 288 g/mol. The van der Waals surface area contributed by atoms with Crippen LogP contribution in [0.25, 0.3) is 0 Å². The SMILES string of the molecule is CNCCCc1ccc(S(=O)(=O)Nc2cnn(C)c2)cc1. The average Bonchev–Trinajstić information content (AvgIpc) is 2.84. The topological polar surface area (TPSA) is 76.0 Å². The highest BCUT2D eigenvalue weighted by Crippen LogP contribution is 2.16. The Bertz CT molecular complexity index is 677. The van der Waals surface area contributed by atoms with Crippen molar-refractivity contribution in [3.63, 3.8) is 0 Å². The number of rotatable bonds is 7. The third-order valence-electron chi connectivity index (χ3n) is 3.08. The summed E-state index contributed by atoms with van der Waals surface area (Å²) in [6.45, 7) is 0.947. The van der Waals surface area contributed by atoms with E-state index in [4.69, 9.17) is 0 Å². The molecule has 114 valence electrons. The van der Waals surface area contributed by atoms with Crippen LogP contribution in [0.3, 0.4) is 0 Å². The summed E-state index contributed by atoms with van der Waals surface area (Å²) >= 11 is 0. The van der Waals surface area contributed by atoms with Crippen LogP contribution in [0.2, 0.25) is 0 Å². The lowest BCUT2D eigenvalue weighted by Gasteiger charge is -2.07. The van der Waals surface area contributed by atoms with Crippen LogP contribution in [0.4, 0.5) is 5.69 Å². The van der Waals surface area contributed by atoms with Gasteiger partial charge >= 0.3 is 0 Å². The molecule has 1 aromatic carbocycles. The number of aryl methyl sites for hydroxylation is 2. The molecule has 6 nitrogen and oxygen atoms in total. The van der Waals surface area contributed by atoms with Crippen molar-refractivity contribution in [2.24, 2.45) is 7.05 Å². The van der Waals surface area contributed by atoms with Gasteiger partial charge in [0.1, 0.15) is 0 Å². The Hall–Kier alpha value is -1.86. The molecule has 0 bridgehead atoms. The van der Waals surface area contributed by atoms with Crippen LogP contribution >= 0.6 is 0 Å². The fourth-order valence-electron chi connectivity index (χ4n) is 1.99. The number of sulfonamides is 1. The molecule has 0 unspecified atom stereocenters. The van der Waals surface area contributed by atoms with Gasteiger partial charge < -0.3 is 5.32 Å². The molecule has 0 amide bonds. The molecule has 1 heterocycles. The van der Waals surface area contributed by atoms with Crippen molar-refractivity contribution in [1.82, 2.24) is 15.1 Å². The first kappa shape index (κ1) is 15.5. The monoisotopic (exact) mass is 308 g/mol. The molecule has 0 aliphatic rings. The Morgan fingerprint density at radius 1 is 1.24 bits per heavy atom. The molecule has 0 atom stereocenters. The molecule has 7 heteroatoms. The Morgan fingerprint density at radius 3 is 2.52 bits per heavy atom. The molecular formula is C14H20N4O2S. The van der Waals surface area contributed by atoms with E-state index in [0.717, 1.165) is 24.9 Å². The predicted octanol–water partition coefficient (Wildman–Crippen LogP) is 1.37. The highest BCUT2D eigenvalue weighted by molar-refractivity contribution is 7.92. The Labute approximate surface area is 125 Å². The highest BCUT2D eigenvalue weighted by Gasteiger charge is 2.14. The zero-order chi connectivity index (χ0) is 15.3. The quantitative estimate of drug-likeness (QED) is 0.758. The summed E-state index contributed by atoms with van der Waals surface area (Å²) in [5.41, 5.74) is 1.58. The second kappa shape index (κ2) is 6.73. The predicted molar refractivity (Wildman–Crippen MR) is 82.7 cm³/mol. The van der Waals surface area contributed by atoms with Gasteiger partial charge in [-0.3, -0.25) is 9.40 Å². The summed E-state index contributed by atoms with van der Waals surface area (Å²) in [5, 5.41) is 7.02. The first-order valence-electron chi connectivity index (χ1n) is 6.76. The van der Waals surface area contributed by atoms with Crippen molar-refractivity contribution in [3.05, 3.63) is 42.2 Å². The van der Waals surface area contributed by atoms with Crippen molar-refractivity contribution in [2.75, 3.05) is 18.3 Å². The van der Waals surface area contributed by atoms with Crippen molar-refractivity contribution >= 4 is 15.7 Å². The molecule has 0 aliphatic heterocycles. The maximum atomic E-state index is 12.2. The van der Waals surface area contributed by atoms with E-state index in [-0.39, 0.29) is 4.90 Å². The number of benzene rings is 1. The zero-order valence-electron chi connectivity index (χ0n) is 12.2. The number of anilines is 1. The maximum absolute atomic E-state index is 12.2. The molecule has 2 rings (SSSR count). The Balaban J connectivity index is 2.06. The largest absolute Gasteiger partial charge is 0.320 e. The molecule has 2 N–H and O–H groups in total. The third kappa shape index (κ3) is 4.30. The normalized spacial score (nSPS) is 11.5. The molecule has 0 radical (unpaired) electrons. The van der Waals surface area contributed by atoms with E-state index in [9.17, 15) is 8.42 Å². The third-order valence-corrected chi connectivity index (χ3v) is 4.48. The molecule has 1 aromatic heterocycles. The van der Waals surface area contributed by atoms with Crippen LogP contribution < -0.4 is 10.0 Å². The lowest BCUT2D eigenvalue weighted by molar-refractivity contribution is 0.601. The minimum absolute atomic E-state index is 0.253. The minimum atomic E-state index is -3.56. The van der Waals surface area contributed by atoms with Gasteiger partial charge in [0.25, 0.3) is 10.0 Å². The van der Waals surface area contributed by atoms with Gasteiger partial charge in [-0.05, 0) is 44.1 Å². The van der Waals surface area contributed by atoms with E-state index >= 15 is 0 Å². The van der Waals surface area contributed by atoms with Gasteiger partial charge in [-0.2, -0.15) is 5.10 Å². The molecule has 21 heavy (non-hydrogen) atoms. The van der Waals surface area contributed by atoms with E-state index in [2.05, 4.69) is 15.1 Å². The van der Waals surface area contributed by atoms with Crippen LogP contribution in [0.1, 0.15) is 12.0 Å². The molecule has 0 saturated carbocycles. The second-order valence-corrected chi connectivity index (χ2v) is 6.54. The average molecular weight is 308 g/mol. The molecule has 0 saturated heterocycles. The maximum Gasteiger partial charge on any atom is 0.261 e. The zero-order valence-corrected chi connectivity index (χ0v) is 13.0. The van der Waals surface area contributed by atoms with Crippen molar-refractivity contribution in [1.29, 1.82) is 0 Å². The summed E-state index contributed by atoms with van der Waals surface area (Å²) in [5.74, 6) is 0. The molecule has 2 aromatic rings. The Kier molecular flexibility index (Phi) is 4.98. The fraction of sp³-hybridized carbons (Fsp3) is 0.357. The van der Waals surface area contributed by atoms with Crippen molar-refractivity contribution in [2.45, 2.75) is 17.7 Å². The van der Waals surface area contributed by atoms with Gasteiger partial charge in [0, 0.05) is 13.2 Å². The fourth-order valence-corrected chi connectivity index (χ4v) is 3.02. The van der Waals surface area contributed by atoms with Crippen molar-refractivity contribution in [3.8, 4) is 0 Å². The number of nitrogens with one attached hydrogen (secondary N) is 2. The number of aromatic nitrogens is 2. The lowest BCUT2D eigenvalue weighted by Crippen LogP contribution is -2.12. The van der Waals surface area contributed by atoms with Crippen LogP contribution in [0.5, 0.6) is 0 Å². The van der Waals surface area contributed by atoms with Gasteiger partial charge in [-0.25, -0.2) is 8.42 Å². The highest BCUT2D eigenvalue weighted by atomic mass is 32.2. The molecule has 0 aliphatic carbocycles. The van der Waals surface area contributed by atoms with Crippen LogP contribution in [-0.4, -0.2) is 31.8 Å². The van der Waals surface area contributed by atoms with Crippen LogP contribution in [0.15, 0.2) is 41.6 Å². The second-order valence-electron chi connectivity index (χ2n) is 4.86. The van der Waals surface area contributed by atoms with Crippen LogP contribution in [-0.2, 0) is 23.5 Å². The number of hydrogen-bond donors (Lipinski definition) is 2. The Morgan fingerprint density at radius 2 is 1.95 bits per heavy atom. The number of nitrogens with zero attached hydrogens (tertiary/aromatic N) is 2. The van der Waals surface area contributed by atoms with Crippen LogP contribution in [0, 0.1) is 0 Å². The van der Waals surface area contributed by atoms with E-state index in [1.165, 1.54) is 6.20 Å². The summed E-state index contributed by atoms with van der Waals surface area (Å²) in [6, 6.07) is 6.97. The van der Waals surface area contributed by atoms with E-state index in [1.54, 1.807) is 30.1 Å². The number of hydrogen-bond acceptors (Lipinski definition) is 4. The summed E-state index contributed by atoms with van der Waals surface area (Å²) in [4.78, 5) is 0.253. The lowest BCUT2D eigenvalue weighted by atomic mass is 10.1. The smallest absolute Gasteiger partial charge is 0.261 e. The molecule has 0 spiro atoms. The summed E-state index contributed by atoms with van der Waals surface area (Å²) in [6.07, 6.45) is 5.04. The van der Waals surface area contributed by atoms with Crippen molar-refractivity contribution < 1.29 is 8.42 Å². The first-order valence-corrected chi connectivity index (χ1v) is 8.24. The van der Waals surface area contributed by atoms with Gasteiger partial charge in [-0.1, -0.05) is 12.1 Å². The van der Waals surface area contributed by atoms with Gasteiger partial charge in [0.15, 0.2) is 0 Å². The standard InChI is InChI=1S/C14H20N4O2S/c1-15-9-3-4-12-5-7-14(8-6-12)21(19,20)17-13-10-16-18(2)11-13/h5-8,10-11,15,17H,3-4,9H2,1-2H3. The molecule has 0 fully saturated rings. The summed E-state index contributed by atoms with van der Waals surface area (Å²) < 4.78 is 28.5. The van der Waals surface area contributed by atoms with Gasteiger partial charge in [0.05, 0.1) is 16.8 Å². The van der Waals surface area contributed by atoms with Gasteiger partial charge in [-0.15, -0.1) is 0 Å². The van der Waals surface area contributed by atoms with E-state index in [0.29, 0.717) is 5.69 Å². The minimum Gasteiger partial charge on any atom is -0.320 e. The van der Waals surface area contributed by atoms with E-state index < -0.39 is 10.0 Å². The van der Waals surface area contributed by atoms with E-state index in [1.807, 2.05) is 19.2 Å². The van der Waals surface area contributed by atoms with Gasteiger partial charge in [0.2, 0.25) is 0 Å². The first-order chi connectivity index (χ1) is 10.0.